The highest BCUT2D eigenvalue weighted by molar-refractivity contribution is 14.0. The largest absolute Gasteiger partial charge is 0.376 e. The van der Waals surface area contributed by atoms with E-state index >= 15 is 0 Å². The normalized spacial score (nSPS) is 27.3. The molecular formula is C14H28IN3OS. The Bertz CT molecular complexity index is 298. The lowest BCUT2D eigenvalue weighted by atomic mass is 10.2. The van der Waals surface area contributed by atoms with Crippen LogP contribution in [0.3, 0.4) is 0 Å². The Balaban J connectivity index is 0.00000200. The Hall–Kier alpha value is 0.310. The van der Waals surface area contributed by atoms with Gasteiger partial charge < -0.3 is 15.0 Å². The van der Waals surface area contributed by atoms with E-state index in [1.54, 1.807) is 0 Å². The molecule has 0 aliphatic carbocycles. The van der Waals surface area contributed by atoms with Gasteiger partial charge in [-0.15, -0.1) is 24.0 Å². The van der Waals surface area contributed by atoms with Crippen molar-refractivity contribution in [2.45, 2.75) is 44.5 Å². The number of ether oxygens (including phenoxy) is 1. The van der Waals surface area contributed by atoms with E-state index in [4.69, 9.17) is 9.73 Å². The summed E-state index contributed by atoms with van der Waals surface area (Å²) in [4.78, 5) is 7.20. The third-order valence-corrected chi connectivity index (χ3v) is 5.07. The summed E-state index contributed by atoms with van der Waals surface area (Å²) in [6, 6.07) is 0. The topological polar surface area (TPSA) is 36.9 Å². The quantitative estimate of drug-likeness (QED) is 0.437. The molecule has 4 nitrogen and oxygen atoms in total. The number of nitrogens with zero attached hydrogens (tertiary/aromatic N) is 2. The number of guanidine groups is 1. The van der Waals surface area contributed by atoms with Crippen molar-refractivity contribution in [2.24, 2.45) is 4.99 Å². The van der Waals surface area contributed by atoms with E-state index in [1.165, 1.54) is 18.6 Å². The van der Waals surface area contributed by atoms with Crippen LogP contribution < -0.4 is 5.32 Å². The van der Waals surface area contributed by atoms with Gasteiger partial charge >= 0.3 is 0 Å². The van der Waals surface area contributed by atoms with Crippen molar-refractivity contribution >= 4 is 41.7 Å². The van der Waals surface area contributed by atoms with E-state index in [9.17, 15) is 0 Å². The van der Waals surface area contributed by atoms with Gasteiger partial charge in [-0.2, -0.15) is 11.8 Å². The van der Waals surface area contributed by atoms with Crippen LogP contribution in [0.15, 0.2) is 4.99 Å². The summed E-state index contributed by atoms with van der Waals surface area (Å²) in [6.45, 7) is 9.30. The van der Waals surface area contributed by atoms with Gasteiger partial charge in [-0.25, -0.2) is 0 Å². The average molecular weight is 413 g/mol. The predicted molar refractivity (Wildman–Crippen MR) is 98.5 cm³/mol. The minimum Gasteiger partial charge on any atom is -0.376 e. The molecule has 0 aromatic rings. The van der Waals surface area contributed by atoms with E-state index in [0.717, 1.165) is 50.4 Å². The number of thioether (sulfide) groups is 1. The molecule has 0 amide bonds. The molecule has 118 valence electrons. The number of nitrogens with one attached hydrogen (secondary N) is 1. The van der Waals surface area contributed by atoms with Crippen LogP contribution in [0, 0.1) is 0 Å². The number of halogens is 1. The molecular weight excluding hydrogens is 385 g/mol. The molecule has 20 heavy (non-hydrogen) atoms. The molecule has 2 rings (SSSR count). The fourth-order valence-electron chi connectivity index (χ4n) is 2.56. The zero-order valence-corrected chi connectivity index (χ0v) is 15.8. The third kappa shape index (κ3) is 5.60. The molecule has 0 spiro atoms. The molecule has 0 aromatic heterocycles. The molecule has 0 bridgehead atoms. The highest BCUT2D eigenvalue weighted by Gasteiger charge is 2.22. The van der Waals surface area contributed by atoms with Crippen molar-refractivity contribution in [2.75, 3.05) is 38.5 Å². The lowest BCUT2D eigenvalue weighted by Crippen LogP contribution is -2.48. The molecule has 2 aliphatic heterocycles. The van der Waals surface area contributed by atoms with Crippen LogP contribution in [0.25, 0.3) is 0 Å². The Morgan fingerprint density at radius 3 is 2.95 bits per heavy atom. The molecule has 0 radical (unpaired) electrons. The zero-order valence-electron chi connectivity index (χ0n) is 12.6. The maximum Gasteiger partial charge on any atom is 0.194 e. The van der Waals surface area contributed by atoms with Gasteiger partial charge in [0.15, 0.2) is 5.96 Å². The van der Waals surface area contributed by atoms with Crippen LogP contribution in [-0.2, 0) is 4.74 Å². The van der Waals surface area contributed by atoms with Gasteiger partial charge in [0.05, 0.1) is 12.6 Å². The van der Waals surface area contributed by atoms with E-state index in [-0.39, 0.29) is 24.0 Å². The number of rotatable bonds is 4. The molecule has 2 aliphatic rings. The van der Waals surface area contributed by atoms with Crippen LogP contribution in [0.4, 0.5) is 0 Å². The summed E-state index contributed by atoms with van der Waals surface area (Å²) in [5, 5.41) is 4.18. The third-order valence-electron chi connectivity index (χ3n) is 3.70. The number of aliphatic imine (C=N–C) groups is 1. The van der Waals surface area contributed by atoms with Gasteiger partial charge in [-0.1, -0.05) is 6.92 Å². The van der Waals surface area contributed by atoms with Crippen molar-refractivity contribution in [1.29, 1.82) is 0 Å². The second-order valence-electron chi connectivity index (χ2n) is 5.18. The average Bonchev–Trinajstić information content (AvgIpc) is 2.97. The first kappa shape index (κ1) is 18.4. The monoisotopic (exact) mass is 413 g/mol. The maximum absolute atomic E-state index is 5.65. The summed E-state index contributed by atoms with van der Waals surface area (Å²) in [7, 11) is 0. The maximum atomic E-state index is 5.65. The van der Waals surface area contributed by atoms with Crippen LogP contribution in [0.2, 0.25) is 0 Å². The molecule has 6 heteroatoms. The van der Waals surface area contributed by atoms with Crippen molar-refractivity contribution in [3.63, 3.8) is 0 Å². The minimum atomic E-state index is 0. The molecule has 0 saturated carbocycles. The smallest absolute Gasteiger partial charge is 0.194 e. The summed E-state index contributed by atoms with van der Waals surface area (Å²) in [5.41, 5.74) is 0. The lowest BCUT2D eigenvalue weighted by Gasteiger charge is -2.34. The van der Waals surface area contributed by atoms with E-state index in [2.05, 4.69) is 35.8 Å². The van der Waals surface area contributed by atoms with Gasteiger partial charge in [0, 0.05) is 37.2 Å². The Morgan fingerprint density at radius 1 is 1.45 bits per heavy atom. The van der Waals surface area contributed by atoms with Gasteiger partial charge in [-0.3, -0.25) is 4.99 Å². The van der Waals surface area contributed by atoms with Gasteiger partial charge in [0.1, 0.15) is 0 Å². The highest BCUT2D eigenvalue weighted by atomic mass is 127. The summed E-state index contributed by atoms with van der Waals surface area (Å²) in [6.07, 6.45) is 3.94. The fourth-order valence-corrected chi connectivity index (χ4v) is 3.74. The predicted octanol–water partition coefficient (Wildman–Crippen LogP) is 2.58. The molecule has 2 unspecified atom stereocenters. The van der Waals surface area contributed by atoms with Gasteiger partial charge in [0.25, 0.3) is 0 Å². The van der Waals surface area contributed by atoms with Crippen molar-refractivity contribution in [1.82, 2.24) is 10.2 Å². The minimum absolute atomic E-state index is 0. The second-order valence-corrected chi connectivity index (χ2v) is 6.58. The van der Waals surface area contributed by atoms with Crippen molar-refractivity contribution in [3.05, 3.63) is 0 Å². The first-order valence-corrected chi connectivity index (χ1v) is 8.64. The first-order chi connectivity index (χ1) is 9.33. The molecule has 2 atom stereocenters. The molecule has 2 saturated heterocycles. The van der Waals surface area contributed by atoms with Gasteiger partial charge in [0.2, 0.25) is 0 Å². The fraction of sp³-hybridized carbons (Fsp3) is 0.929. The van der Waals surface area contributed by atoms with Gasteiger partial charge in [-0.05, 0) is 26.2 Å². The van der Waals surface area contributed by atoms with Crippen LogP contribution in [0.5, 0.6) is 0 Å². The standard InChI is InChI=1S/C14H27N3OS.HI/c1-3-13-11-17(7-9-19-13)14(15-4-2)16-10-12-6-5-8-18-12;/h12-13H,3-11H2,1-2H3,(H,15,16);1H. The summed E-state index contributed by atoms with van der Waals surface area (Å²) < 4.78 is 5.65. The molecule has 2 heterocycles. The van der Waals surface area contributed by atoms with E-state index < -0.39 is 0 Å². The first-order valence-electron chi connectivity index (χ1n) is 7.60. The Kier molecular flexibility index (Phi) is 9.28. The molecule has 0 aromatic carbocycles. The van der Waals surface area contributed by atoms with Crippen molar-refractivity contribution in [3.8, 4) is 0 Å². The summed E-state index contributed by atoms with van der Waals surface area (Å²) in [5.74, 6) is 2.29. The van der Waals surface area contributed by atoms with E-state index in [0.29, 0.717) is 6.10 Å². The van der Waals surface area contributed by atoms with E-state index in [1.807, 2.05) is 0 Å². The zero-order chi connectivity index (χ0) is 13.5. The van der Waals surface area contributed by atoms with Crippen LogP contribution in [-0.4, -0.2) is 60.8 Å². The Morgan fingerprint density at radius 2 is 2.30 bits per heavy atom. The highest BCUT2D eigenvalue weighted by Crippen LogP contribution is 2.21. The second kappa shape index (κ2) is 10.1. The Labute approximate surface area is 144 Å². The van der Waals surface area contributed by atoms with Crippen LogP contribution >= 0.6 is 35.7 Å². The SMILES string of the molecule is CCNC(=NCC1CCCO1)N1CCSC(CC)C1.I. The molecule has 2 fully saturated rings. The lowest BCUT2D eigenvalue weighted by molar-refractivity contribution is 0.117. The summed E-state index contributed by atoms with van der Waals surface area (Å²) >= 11 is 2.10. The van der Waals surface area contributed by atoms with Crippen LogP contribution in [0.1, 0.15) is 33.1 Å². The number of hydrogen-bond acceptors (Lipinski definition) is 3. The molecule has 1 N–H and O–H groups in total. The van der Waals surface area contributed by atoms with Crippen molar-refractivity contribution < 1.29 is 4.74 Å². The number of hydrogen-bond donors (Lipinski definition) is 1.